The van der Waals surface area contributed by atoms with E-state index in [4.69, 9.17) is 0 Å². The number of rotatable bonds is 1. The maximum Gasteiger partial charge on any atom is 0.213 e. The third kappa shape index (κ3) is 1.75. The standard InChI is InChI=1S/C10H6BrFN4S/c1-5-8(7-3-2-6(12)4-13-7)14-10-16(5)15-9(11)17-10/h2-4H,1H3. The molecule has 7 heteroatoms. The van der Waals surface area contributed by atoms with Gasteiger partial charge in [0.15, 0.2) is 3.92 Å². The summed E-state index contributed by atoms with van der Waals surface area (Å²) >= 11 is 4.75. The molecule has 0 fully saturated rings. The Morgan fingerprint density at radius 2 is 2.24 bits per heavy atom. The van der Waals surface area contributed by atoms with Gasteiger partial charge in [-0.25, -0.2) is 13.9 Å². The van der Waals surface area contributed by atoms with Gasteiger partial charge in [0.2, 0.25) is 4.96 Å². The van der Waals surface area contributed by atoms with E-state index in [1.54, 1.807) is 10.6 Å². The van der Waals surface area contributed by atoms with Crippen molar-refractivity contribution in [3.8, 4) is 11.4 Å². The molecule has 3 aromatic heterocycles. The minimum Gasteiger partial charge on any atom is -0.251 e. The smallest absolute Gasteiger partial charge is 0.213 e. The molecule has 3 heterocycles. The average Bonchev–Trinajstić information content (AvgIpc) is 2.79. The van der Waals surface area contributed by atoms with E-state index in [9.17, 15) is 4.39 Å². The van der Waals surface area contributed by atoms with Gasteiger partial charge >= 0.3 is 0 Å². The van der Waals surface area contributed by atoms with E-state index in [-0.39, 0.29) is 5.82 Å². The fourth-order valence-corrected chi connectivity index (χ4v) is 2.85. The third-order valence-electron chi connectivity index (χ3n) is 2.37. The van der Waals surface area contributed by atoms with Crippen LogP contribution < -0.4 is 0 Å². The van der Waals surface area contributed by atoms with E-state index in [1.165, 1.54) is 23.6 Å². The van der Waals surface area contributed by atoms with Crippen LogP contribution in [0.5, 0.6) is 0 Å². The van der Waals surface area contributed by atoms with Crippen molar-refractivity contribution in [2.24, 2.45) is 0 Å². The number of halogens is 2. The molecule has 17 heavy (non-hydrogen) atoms. The van der Waals surface area contributed by atoms with Crippen molar-refractivity contribution in [2.45, 2.75) is 6.92 Å². The second-order valence-electron chi connectivity index (χ2n) is 3.46. The van der Waals surface area contributed by atoms with Crippen LogP contribution in [0.1, 0.15) is 5.69 Å². The van der Waals surface area contributed by atoms with Gasteiger partial charge in [0.25, 0.3) is 0 Å². The number of hydrogen-bond donors (Lipinski definition) is 0. The van der Waals surface area contributed by atoms with Crippen molar-refractivity contribution < 1.29 is 4.39 Å². The molecule has 0 saturated carbocycles. The molecule has 0 atom stereocenters. The maximum atomic E-state index is 12.8. The van der Waals surface area contributed by atoms with E-state index >= 15 is 0 Å². The molecule has 0 aliphatic carbocycles. The molecule has 0 bridgehead atoms. The van der Waals surface area contributed by atoms with Crippen LogP contribution in [0.25, 0.3) is 16.3 Å². The van der Waals surface area contributed by atoms with E-state index in [1.807, 2.05) is 6.92 Å². The Balaban J connectivity index is 2.20. The summed E-state index contributed by atoms with van der Waals surface area (Å²) in [6, 6.07) is 2.99. The van der Waals surface area contributed by atoms with Crippen molar-refractivity contribution in [1.29, 1.82) is 0 Å². The first-order chi connectivity index (χ1) is 8.15. The van der Waals surface area contributed by atoms with Crippen molar-refractivity contribution in [3.05, 3.63) is 33.8 Å². The molecule has 0 unspecified atom stereocenters. The molecule has 4 nitrogen and oxygen atoms in total. The maximum absolute atomic E-state index is 12.8. The Bertz CT molecular complexity index is 688. The molecule has 0 aromatic carbocycles. The Labute approximate surface area is 108 Å². The number of imidazole rings is 1. The summed E-state index contributed by atoms with van der Waals surface area (Å²) in [4.78, 5) is 9.25. The number of hydrogen-bond acceptors (Lipinski definition) is 4. The molecular weight excluding hydrogens is 307 g/mol. The molecule has 0 spiro atoms. The van der Waals surface area contributed by atoms with Gasteiger partial charge < -0.3 is 0 Å². The summed E-state index contributed by atoms with van der Waals surface area (Å²) in [7, 11) is 0. The highest BCUT2D eigenvalue weighted by Crippen LogP contribution is 2.26. The summed E-state index contributed by atoms with van der Waals surface area (Å²) in [5.74, 6) is -0.353. The van der Waals surface area contributed by atoms with Crippen molar-refractivity contribution in [2.75, 3.05) is 0 Å². The zero-order valence-corrected chi connectivity index (χ0v) is 11.1. The van der Waals surface area contributed by atoms with Gasteiger partial charge in [-0.1, -0.05) is 11.3 Å². The summed E-state index contributed by atoms with van der Waals surface area (Å²) in [5.41, 5.74) is 2.27. The summed E-state index contributed by atoms with van der Waals surface area (Å²) in [5, 5.41) is 4.26. The van der Waals surface area contributed by atoms with Gasteiger partial charge in [-0.15, -0.1) is 5.10 Å². The molecule has 0 aliphatic heterocycles. The average molecular weight is 313 g/mol. The quantitative estimate of drug-likeness (QED) is 0.693. The fourth-order valence-electron chi connectivity index (χ4n) is 1.58. The Hall–Kier alpha value is -1.34. The highest BCUT2D eigenvalue weighted by Gasteiger charge is 2.14. The summed E-state index contributed by atoms with van der Waals surface area (Å²) in [6.45, 7) is 1.91. The number of fused-ring (bicyclic) bond motifs is 1. The molecule has 3 aromatic rings. The van der Waals surface area contributed by atoms with Crippen LogP contribution in [0, 0.1) is 12.7 Å². The van der Waals surface area contributed by atoms with E-state index in [0.29, 0.717) is 5.69 Å². The normalized spacial score (nSPS) is 11.2. The lowest BCUT2D eigenvalue weighted by molar-refractivity contribution is 0.622. The number of aryl methyl sites for hydroxylation is 1. The first-order valence-corrected chi connectivity index (χ1v) is 6.39. The molecule has 0 radical (unpaired) electrons. The minimum absolute atomic E-state index is 0.353. The first kappa shape index (κ1) is 10.8. The van der Waals surface area contributed by atoms with Gasteiger partial charge in [-0.2, -0.15) is 0 Å². The van der Waals surface area contributed by atoms with Crippen LogP contribution in [0.15, 0.2) is 22.2 Å². The van der Waals surface area contributed by atoms with Crippen molar-refractivity contribution >= 4 is 32.2 Å². The van der Waals surface area contributed by atoms with E-state index < -0.39 is 0 Å². The predicted octanol–water partition coefficient (Wildman–Crippen LogP) is 3.06. The molecular formula is C10H6BrFN4S. The van der Waals surface area contributed by atoms with Gasteiger partial charge in [0.05, 0.1) is 17.6 Å². The third-order valence-corrected chi connectivity index (χ3v) is 3.71. The van der Waals surface area contributed by atoms with Crippen LogP contribution in [0.4, 0.5) is 4.39 Å². The lowest BCUT2D eigenvalue weighted by atomic mass is 10.2. The second-order valence-corrected chi connectivity index (χ2v) is 5.69. The number of nitrogens with zero attached hydrogens (tertiary/aromatic N) is 4. The Morgan fingerprint density at radius 3 is 2.88 bits per heavy atom. The highest BCUT2D eigenvalue weighted by atomic mass is 79.9. The highest BCUT2D eigenvalue weighted by molar-refractivity contribution is 9.11. The lowest BCUT2D eigenvalue weighted by Crippen LogP contribution is -1.90. The number of pyridine rings is 1. The lowest BCUT2D eigenvalue weighted by Gasteiger charge is -1.97. The molecule has 0 saturated heterocycles. The van der Waals surface area contributed by atoms with Gasteiger partial charge in [-0.3, -0.25) is 4.98 Å². The Kier molecular flexibility index (Phi) is 2.44. The SMILES string of the molecule is Cc1c(-c2ccc(F)cn2)nc2sc(Br)nn12. The van der Waals surface area contributed by atoms with Crippen LogP contribution in [-0.2, 0) is 0 Å². The predicted molar refractivity (Wildman–Crippen MR) is 66.5 cm³/mol. The van der Waals surface area contributed by atoms with Crippen LogP contribution in [0.2, 0.25) is 0 Å². The minimum atomic E-state index is -0.353. The van der Waals surface area contributed by atoms with Gasteiger partial charge in [-0.05, 0) is 35.0 Å². The van der Waals surface area contributed by atoms with E-state index in [2.05, 4.69) is 31.0 Å². The van der Waals surface area contributed by atoms with Crippen LogP contribution >= 0.6 is 27.3 Å². The van der Waals surface area contributed by atoms with Gasteiger partial charge in [0, 0.05) is 0 Å². The number of aromatic nitrogens is 4. The molecule has 0 aliphatic rings. The summed E-state index contributed by atoms with van der Waals surface area (Å²) in [6.07, 6.45) is 1.19. The monoisotopic (exact) mass is 312 g/mol. The van der Waals surface area contributed by atoms with Crippen LogP contribution in [-0.4, -0.2) is 19.6 Å². The molecule has 86 valence electrons. The fraction of sp³-hybridized carbons (Fsp3) is 0.100. The van der Waals surface area contributed by atoms with Gasteiger partial charge in [0.1, 0.15) is 11.5 Å². The van der Waals surface area contributed by atoms with Crippen molar-refractivity contribution in [3.63, 3.8) is 0 Å². The molecule has 0 N–H and O–H groups in total. The zero-order chi connectivity index (χ0) is 12.0. The molecule has 0 amide bonds. The van der Waals surface area contributed by atoms with Crippen LogP contribution in [0.3, 0.4) is 0 Å². The largest absolute Gasteiger partial charge is 0.251 e. The topological polar surface area (TPSA) is 43.1 Å². The Morgan fingerprint density at radius 1 is 1.41 bits per heavy atom. The van der Waals surface area contributed by atoms with E-state index in [0.717, 1.165) is 20.3 Å². The first-order valence-electron chi connectivity index (χ1n) is 4.79. The second kappa shape index (κ2) is 3.85. The molecule has 3 rings (SSSR count). The zero-order valence-electron chi connectivity index (χ0n) is 8.69. The summed E-state index contributed by atoms with van der Waals surface area (Å²) < 4.78 is 15.3. The van der Waals surface area contributed by atoms with Crippen molar-refractivity contribution in [1.82, 2.24) is 19.6 Å².